The number of rotatable bonds is 4. The van der Waals surface area contributed by atoms with Gasteiger partial charge in [-0.3, -0.25) is 14.5 Å². The third-order valence-corrected chi connectivity index (χ3v) is 6.52. The lowest BCUT2D eigenvalue weighted by Gasteiger charge is -2.34. The zero-order valence-corrected chi connectivity index (χ0v) is 18.4. The van der Waals surface area contributed by atoms with Gasteiger partial charge in [0.05, 0.1) is 35.1 Å². The molecular weight excluding hydrogens is 374 g/mol. The highest BCUT2D eigenvalue weighted by molar-refractivity contribution is 5.82. The van der Waals surface area contributed by atoms with Crippen molar-refractivity contribution in [2.24, 2.45) is 5.92 Å². The van der Waals surface area contributed by atoms with Crippen LogP contribution in [-0.4, -0.2) is 38.7 Å². The molecule has 1 aliphatic rings. The molecule has 6 heteroatoms. The van der Waals surface area contributed by atoms with E-state index in [-0.39, 0.29) is 17.7 Å². The molecule has 2 atom stereocenters. The third-order valence-electron chi connectivity index (χ3n) is 6.52. The number of anilines is 1. The minimum absolute atomic E-state index is 0.122. The molecule has 6 nitrogen and oxygen atoms in total. The Morgan fingerprint density at radius 2 is 2.03 bits per heavy atom. The Bertz CT molecular complexity index is 1090. The molecule has 1 fully saturated rings. The summed E-state index contributed by atoms with van der Waals surface area (Å²) in [7, 11) is 0. The number of hydrogen-bond acceptors (Lipinski definition) is 4. The third kappa shape index (κ3) is 3.78. The van der Waals surface area contributed by atoms with E-state index in [0.29, 0.717) is 13.1 Å². The maximum absolute atomic E-state index is 13.2. The van der Waals surface area contributed by atoms with Crippen molar-refractivity contribution in [3.05, 3.63) is 53.0 Å². The molecule has 0 bridgehead atoms. The smallest absolute Gasteiger partial charge is 0.227 e. The molecule has 1 amide bonds. The molecule has 0 spiro atoms. The number of likely N-dealkylation sites (tertiary alicyclic amines) is 1. The van der Waals surface area contributed by atoms with Crippen molar-refractivity contribution >= 4 is 22.5 Å². The molecular formula is C24H31N5O. The van der Waals surface area contributed by atoms with Gasteiger partial charge in [-0.2, -0.15) is 5.10 Å². The number of amides is 1. The van der Waals surface area contributed by atoms with Crippen molar-refractivity contribution in [3.8, 4) is 0 Å². The quantitative estimate of drug-likeness (QED) is 0.712. The van der Waals surface area contributed by atoms with Crippen LogP contribution in [0.4, 0.5) is 5.69 Å². The molecule has 2 aromatic heterocycles. The molecule has 1 aromatic carbocycles. The fourth-order valence-corrected chi connectivity index (χ4v) is 4.49. The Hall–Kier alpha value is -2.89. The lowest BCUT2D eigenvalue weighted by atomic mass is 9.92. The molecule has 3 heterocycles. The minimum Gasteiger partial charge on any atom is -0.397 e. The average molecular weight is 406 g/mol. The van der Waals surface area contributed by atoms with Crippen LogP contribution in [0.1, 0.15) is 48.3 Å². The summed E-state index contributed by atoms with van der Waals surface area (Å²) in [6.45, 7) is 10.2. The van der Waals surface area contributed by atoms with Gasteiger partial charge in [0.25, 0.3) is 0 Å². The Morgan fingerprint density at radius 3 is 2.77 bits per heavy atom. The molecule has 0 saturated carbocycles. The Kier molecular flexibility index (Phi) is 5.50. The van der Waals surface area contributed by atoms with Gasteiger partial charge in [0, 0.05) is 30.1 Å². The van der Waals surface area contributed by atoms with Crippen molar-refractivity contribution in [1.29, 1.82) is 0 Å². The van der Waals surface area contributed by atoms with Crippen molar-refractivity contribution in [2.75, 3.05) is 18.8 Å². The van der Waals surface area contributed by atoms with Crippen LogP contribution in [0.5, 0.6) is 0 Å². The van der Waals surface area contributed by atoms with Gasteiger partial charge < -0.3 is 10.6 Å². The largest absolute Gasteiger partial charge is 0.397 e. The lowest BCUT2D eigenvalue weighted by Crippen LogP contribution is -2.43. The van der Waals surface area contributed by atoms with E-state index >= 15 is 0 Å². The van der Waals surface area contributed by atoms with Crippen LogP contribution in [0.15, 0.2) is 30.3 Å². The van der Waals surface area contributed by atoms with Crippen LogP contribution in [0.2, 0.25) is 0 Å². The maximum atomic E-state index is 13.2. The van der Waals surface area contributed by atoms with Gasteiger partial charge in [0.15, 0.2) is 0 Å². The van der Waals surface area contributed by atoms with E-state index in [2.05, 4.69) is 18.9 Å². The molecule has 1 saturated heterocycles. The van der Waals surface area contributed by atoms with Gasteiger partial charge in [-0.05, 0) is 51.3 Å². The number of carbonyl (C=O) groups is 1. The Labute approximate surface area is 178 Å². The van der Waals surface area contributed by atoms with Crippen molar-refractivity contribution in [1.82, 2.24) is 19.7 Å². The van der Waals surface area contributed by atoms with E-state index in [1.807, 2.05) is 53.8 Å². The molecule has 0 aliphatic carbocycles. The fourth-order valence-electron chi connectivity index (χ4n) is 4.49. The van der Waals surface area contributed by atoms with E-state index in [1.165, 1.54) is 5.56 Å². The normalized spacial score (nSPS) is 18.0. The van der Waals surface area contributed by atoms with Crippen LogP contribution in [0.25, 0.3) is 10.9 Å². The van der Waals surface area contributed by atoms with Gasteiger partial charge in [-0.15, -0.1) is 0 Å². The number of pyridine rings is 1. The molecule has 0 radical (unpaired) electrons. The highest BCUT2D eigenvalue weighted by atomic mass is 16.2. The minimum atomic E-state index is -0.122. The second-order valence-corrected chi connectivity index (χ2v) is 8.66. The zero-order chi connectivity index (χ0) is 21.4. The van der Waals surface area contributed by atoms with E-state index < -0.39 is 0 Å². The number of carbonyl (C=O) groups excluding carboxylic acids is 1. The lowest BCUT2D eigenvalue weighted by molar-refractivity contribution is -0.136. The summed E-state index contributed by atoms with van der Waals surface area (Å²) in [5, 5.41) is 5.65. The van der Waals surface area contributed by atoms with Gasteiger partial charge >= 0.3 is 0 Å². The molecule has 30 heavy (non-hydrogen) atoms. The number of nitrogen functional groups attached to an aromatic ring is 1. The van der Waals surface area contributed by atoms with Crippen LogP contribution in [-0.2, 0) is 11.3 Å². The number of hydrogen-bond donors (Lipinski definition) is 1. The predicted octanol–water partition coefficient (Wildman–Crippen LogP) is 3.98. The molecule has 3 aromatic rings. The summed E-state index contributed by atoms with van der Waals surface area (Å²) >= 11 is 0. The van der Waals surface area contributed by atoms with E-state index in [0.717, 1.165) is 53.1 Å². The van der Waals surface area contributed by atoms with Crippen molar-refractivity contribution in [3.63, 3.8) is 0 Å². The topological polar surface area (TPSA) is 77.0 Å². The number of benzene rings is 1. The maximum Gasteiger partial charge on any atom is 0.227 e. The fraction of sp³-hybridized carbons (Fsp3) is 0.458. The number of piperidine rings is 1. The summed E-state index contributed by atoms with van der Waals surface area (Å²) in [5.74, 6) is 0.239. The first-order valence-corrected chi connectivity index (χ1v) is 10.8. The molecule has 2 unspecified atom stereocenters. The first-order chi connectivity index (χ1) is 14.3. The highest BCUT2D eigenvalue weighted by Crippen LogP contribution is 2.32. The molecule has 158 valence electrons. The van der Waals surface area contributed by atoms with Crippen LogP contribution < -0.4 is 5.73 Å². The summed E-state index contributed by atoms with van der Waals surface area (Å²) < 4.78 is 1.97. The van der Waals surface area contributed by atoms with E-state index in [4.69, 9.17) is 10.7 Å². The molecule has 2 N–H and O–H groups in total. The summed E-state index contributed by atoms with van der Waals surface area (Å²) in [6.07, 6.45) is 1.97. The first kappa shape index (κ1) is 20.4. The standard InChI is InChI=1S/C24H31N5O/c1-15(13-29-18(4)16(2)17(3)27-29)24(30)28-11-7-9-20(14-28)23-21(25)12-19-8-5-6-10-22(19)26-23/h5-6,8,10,12,15,20H,7,9,11,13-14,25H2,1-4H3. The number of fused-ring (bicyclic) bond motifs is 1. The average Bonchev–Trinajstić information content (AvgIpc) is 2.99. The summed E-state index contributed by atoms with van der Waals surface area (Å²) in [6, 6.07) is 10.0. The van der Waals surface area contributed by atoms with E-state index in [9.17, 15) is 4.79 Å². The zero-order valence-electron chi connectivity index (χ0n) is 18.4. The van der Waals surface area contributed by atoms with Gasteiger partial charge in [0.1, 0.15) is 0 Å². The van der Waals surface area contributed by atoms with Gasteiger partial charge in [0.2, 0.25) is 5.91 Å². The first-order valence-electron chi connectivity index (χ1n) is 10.8. The monoisotopic (exact) mass is 405 g/mol. The van der Waals surface area contributed by atoms with Crippen LogP contribution in [0, 0.1) is 26.7 Å². The number of nitrogens with two attached hydrogens (primary N) is 1. The summed E-state index contributed by atoms with van der Waals surface area (Å²) in [4.78, 5) is 20.1. The van der Waals surface area contributed by atoms with Crippen LogP contribution >= 0.6 is 0 Å². The summed E-state index contributed by atoms with van der Waals surface area (Å²) in [5.41, 5.74) is 12.3. The second-order valence-electron chi connectivity index (χ2n) is 8.66. The van der Waals surface area contributed by atoms with Crippen molar-refractivity contribution < 1.29 is 4.79 Å². The molecule has 4 rings (SSSR count). The van der Waals surface area contributed by atoms with E-state index in [1.54, 1.807) is 0 Å². The van der Waals surface area contributed by atoms with Crippen molar-refractivity contribution in [2.45, 2.75) is 53.0 Å². The van der Waals surface area contributed by atoms with Gasteiger partial charge in [-0.1, -0.05) is 25.1 Å². The SMILES string of the molecule is Cc1nn(CC(C)C(=O)N2CCCC(c3nc4ccccc4cc3N)C2)c(C)c1C. The number of nitrogens with zero attached hydrogens (tertiary/aromatic N) is 4. The van der Waals surface area contributed by atoms with Gasteiger partial charge in [-0.25, -0.2) is 0 Å². The molecule has 1 aliphatic heterocycles. The second kappa shape index (κ2) is 8.09. The van der Waals surface area contributed by atoms with Crippen LogP contribution in [0.3, 0.4) is 0 Å². The Morgan fingerprint density at radius 1 is 1.27 bits per heavy atom. The highest BCUT2D eigenvalue weighted by Gasteiger charge is 2.30. The number of aromatic nitrogens is 3. The Balaban J connectivity index is 1.50. The number of para-hydroxylation sites is 1. The number of aryl methyl sites for hydroxylation is 1. The predicted molar refractivity (Wildman–Crippen MR) is 120 cm³/mol.